The summed E-state index contributed by atoms with van der Waals surface area (Å²) in [5.41, 5.74) is 1.19. The smallest absolute Gasteiger partial charge is 0.326 e. The monoisotopic (exact) mass is 345 g/mol. The van der Waals surface area contributed by atoms with Gasteiger partial charge in [-0.2, -0.15) is 0 Å². The van der Waals surface area contributed by atoms with Crippen LogP contribution in [0.25, 0.3) is 0 Å². The third-order valence-corrected chi connectivity index (χ3v) is 4.15. The molecule has 1 unspecified atom stereocenters. The van der Waals surface area contributed by atoms with Gasteiger partial charge in [0.15, 0.2) is 0 Å². The Labute approximate surface area is 138 Å². The number of carboxylic acid groups (broad SMARTS) is 1. The molecule has 1 aromatic carbocycles. The van der Waals surface area contributed by atoms with Crippen LogP contribution >= 0.6 is 11.8 Å². The number of hydrogen-bond acceptors (Lipinski definition) is 3. The zero-order valence-corrected chi connectivity index (χ0v) is 14.1. The van der Waals surface area contributed by atoms with E-state index in [1.807, 2.05) is 24.3 Å². The van der Waals surface area contributed by atoms with E-state index in [4.69, 9.17) is 5.11 Å². The van der Waals surface area contributed by atoms with Crippen LogP contribution in [-0.4, -0.2) is 35.2 Å². The van der Waals surface area contributed by atoms with Crippen LogP contribution in [0.15, 0.2) is 29.2 Å². The molecule has 0 aliphatic heterocycles. The van der Waals surface area contributed by atoms with E-state index in [-0.39, 0.29) is 11.2 Å². The minimum absolute atomic E-state index is 0.0259. The van der Waals surface area contributed by atoms with Crippen LogP contribution in [0.2, 0.25) is 0 Å². The van der Waals surface area contributed by atoms with E-state index in [2.05, 4.69) is 26.1 Å². The highest BCUT2D eigenvalue weighted by Gasteiger charge is 2.24. The molecule has 23 heavy (non-hydrogen) atoms. The van der Waals surface area contributed by atoms with Gasteiger partial charge in [-0.3, -0.25) is 4.79 Å². The summed E-state index contributed by atoms with van der Waals surface area (Å²) in [6.45, 7) is 6.28. The molecule has 0 saturated heterocycles. The Balaban J connectivity index is 2.54. The molecule has 1 aromatic rings. The maximum absolute atomic E-state index is 12.3. The van der Waals surface area contributed by atoms with Gasteiger partial charge in [-0.15, -0.1) is 11.8 Å². The Bertz CT molecular complexity index is 541. The first-order valence-electron chi connectivity index (χ1n) is 7.13. The second-order valence-electron chi connectivity index (χ2n) is 6.15. The van der Waals surface area contributed by atoms with Crippen LogP contribution in [0.3, 0.4) is 0 Å². The first kappa shape index (κ1) is 19.4. The molecular formula is C16H21F2NO3S. The fourth-order valence-corrected chi connectivity index (χ4v) is 2.55. The summed E-state index contributed by atoms with van der Waals surface area (Å²) >= 11 is 1.23. The van der Waals surface area contributed by atoms with Gasteiger partial charge in [-0.05, 0) is 23.1 Å². The van der Waals surface area contributed by atoms with Gasteiger partial charge in [0.2, 0.25) is 12.3 Å². The van der Waals surface area contributed by atoms with Crippen molar-refractivity contribution < 1.29 is 23.5 Å². The van der Waals surface area contributed by atoms with Crippen molar-refractivity contribution in [2.75, 3.05) is 5.75 Å². The maximum Gasteiger partial charge on any atom is 0.326 e. The molecule has 0 saturated carbocycles. The van der Waals surface area contributed by atoms with Gasteiger partial charge < -0.3 is 10.4 Å². The molecule has 0 spiro atoms. The van der Waals surface area contributed by atoms with E-state index in [0.717, 1.165) is 10.5 Å². The van der Waals surface area contributed by atoms with Gasteiger partial charge in [0.1, 0.15) is 6.04 Å². The second kappa shape index (κ2) is 8.29. The van der Waals surface area contributed by atoms with Crippen molar-refractivity contribution in [1.29, 1.82) is 0 Å². The molecule has 1 atom stereocenters. The first-order valence-corrected chi connectivity index (χ1v) is 8.12. The Morgan fingerprint density at radius 2 is 1.78 bits per heavy atom. The number of nitrogens with one attached hydrogen (secondary N) is 1. The van der Waals surface area contributed by atoms with E-state index < -0.39 is 30.8 Å². The summed E-state index contributed by atoms with van der Waals surface area (Å²) in [6.07, 6.45) is -3.68. The molecule has 0 aromatic heterocycles. The van der Waals surface area contributed by atoms with Gasteiger partial charge in [0.05, 0.1) is 5.75 Å². The lowest BCUT2D eigenvalue weighted by molar-refractivity contribution is -0.142. The number of carbonyl (C=O) groups excluding carboxylic acids is 1. The minimum Gasteiger partial charge on any atom is -0.480 e. The average Bonchev–Trinajstić information content (AvgIpc) is 2.43. The number of carboxylic acids is 1. The van der Waals surface area contributed by atoms with E-state index >= 15 is 0 Å². The molecule has 128 valence electrons. The van der Waals surface area contributed by atoms with Crippen molar-refractivity contribution >= 4 is 23.6 Å². The molecular weight excluding hydrogens is 324 g/mol. The Hall–Kier alpha value is -1.63. The SMILES string of the molecule is CC(C)(C)c1ccc(SCC(=O)NC(CC(F)F)C(=O)O)cc1. The van der Waals surface area contributed by atoms with Crippen LogP contribution in [0.5, 0.6) is 0 Å². The fraction of sp³-hybridized carbons (Fsp3) is 0.500. The number of benzene rings is 1. The molecule has 0 heterocycles. The van der Waals surface area contributed by atoms with Crippen molar-refractivity contribution in [2.45, 2.75) is 50.0 Å². The van der Waals surface area contributed by atoms with Crippen molar-refractivity contribution in [3.8, 4) is 0 Å². The topological polar surface area (TPSA) is 66.4 Å². The highest BCUT2D eigenvalue weighted by atomic mass is 32.2. The number of hydrogen-bond donors (Lipinski definition) is 2. The van der Waals surface area contributed by atoms with E-state index in [0.29, 0.717) is 0 Å². The molecule has 1 rings (SSSR count). The van der Waals surface area contributed by atoms with Gasteiger partial charge >= 0.3 is 5.97 Å². The molecule has 4 nitrogen and oxygen atoms in total. The van der Waals surface area contributed by atoms with Crippen molar-refractivity contribution in [3.63, 3.8) is 0 Å². The van der Waals surface area contributed by atoms with Gasteiger partial charge in [-0.25, -0.2) is 13.6 Å². The number of thioether (sulfide) groups is 1. The lowest BCUT2D eigenvalue weighted by Crippen LogP contribution is -2.42. The van der Waals surface area contributed by atoms with Crippen LogP contribution in [0.4, 0.5) is 8.78 Å². The van der Waals surface area contributed by atoms with Crippen molar-refractivity contribution in [2.24, 2.45) is 0 Å². The Morgan fingerprint density at radius 3 is 2.22 bits per heavy atom. The number of alkyl halides is 2. The number of halogens is 2. The van der Waals surface area contributed by atoms with Crippen LogP contribution in [-0.2, 0) is 15.0 Å². The average molecular weight is 345 g/mol. The largest absolute Gasteiger partial charge is 0.480 e. The number of aliphatic carboxylic acids is 1. The quantitative estimate of drug-likeness (QED) is 0.744. The van der Waals surface area contributed by atoms with Crippen molar-refractivity contribution in [1.82, 2.24) is 5.32 Å². The Kier molecular flexibility index (Phi) is 7.00. The summed E-state index contributed by atoms with van der Waals surface area (Å²) in [4.78, 5) is 23.4. The van der Waals surface area contributed by atoms with E-state index in [1.165, 1.54) is 11.8 Å². The predicted molar refractivity (Wildman–Crippen MR) is 86.1 cm³/mol. The standard InChI is InChI=1S/C16H21F2NO3S/c1-16(2,3)10-4-6-11(7-5-10)23-9-14(20)19-12(15(21)22)8-13(17)18/h4-7,12-13H,8-9H2,1-3H3,(H,19,20)(H,21,22). The molecule has 1 amide bonds. The molecule has 0 bridgehead atoms. The molecule has 0 aliphatic rings. The third-order valence-electron chi connectivity index (χ3n) is 3.14. The van der Waals surface area contributed by atoms with Gasteiger partial charge in [-0.1, -0.05) is 32.9 Å². The number of amides is 1. The predicted octanol–water partition coefficient (Wildman–Crippen LogP) is 3.30. The molecule has 0 aliphatic carbocycles. The summed E-state index contributed by atoms with van der Waals surface area (Å²) in [6, 6.07) is 6.14. The Morgan fingerprint density at radius 1 is 1.22 bits per heavy atom. The van der Waals surface area contributed by atoms with Crippen LogP contribution in [0.1, 0.15) is 32.8 Å². The number of carbonyl (C=O) groups is 2. The molecule has 0 radical (unpaired) electrons. The maximum atomic E-state index is 12.3. The lowest BCUT2D eigenvalue weighted by atomic mass is 9.87. The summed E-state index contributed by atoms with van der Waals surface area (Å²) in [7, 11) is 0. The zero-order valence-electron chi connectivity index (χ0n) is 13.3. The molecule has 0 fully saturated rings. The minimum atomic E-state index is -2.78. The van der Waals surface area contributed by atoms with Crippen LogP contribution in [0, 0.1) is 0 Å². The number of rotatable bonds is 7. The lowest BCUT2D eigenvalue weighted by Gasteiger charge is -2.19. The highest BCUT2D eigenvalue weighted by molar-refractivity contribution is 8.00. The summed E-state index contributed by atoms with van der Waals surface area (Å²) in [5, 5.41) is 10.9. The summed E-state index contributed by atoms with van der Waals surface area (Å²) in [5.74, 6) is -2.07. The molecule has 7 heteroatoms. The van der Waals surface area contributed by atoms with Gasteiger partial charge in [0.25, 0.3) is 0 Å². The zero-order chi connectivity index (χ0) is 17.6. The van der Waals surface area contributed by atoms with Crippen LogP contribution < -0.4 is 5.32 Å². The first-order chi connectivity index (χ1) is 10.6. The second-order valence-corrected chi connectivity index (χ2v) is 7.20. The highest BCUT2D eigenvalue weighted by Crippen LogP contribution is 2.25. The third kappa shape index (κ3) is 6.99. The molecule has 2 N–H and O–H groups in total. The summed E-state index contributed by atoms with van der Waals surface area (Å²) < 4.78 is 24.5. The van der Waals surface area contributed by atoms with E-state index in [9.17, 15) is 18.4 Å². The van der Waals surface area contributed by atoms with E-state index in [1.54, 1.807) is 0 Å². The van der Waals surface area contributed by atoms with Crippen molar-refractivity contribution in [3.05, 3.63) is 29.8 Å². The normalized spacial score (nSPS) is 13.0. The van der Waals surface area contributed by atoms with Gasteiger partial charge in [0, 0.05) is 11.3 Å². The fourth-order valence-electron chi connectivity index (χ4n) is 1.84.